The molecule has 1 nitrogen and oxygen atoms in total. The summed E-state index contributed by atoms with van der Waals surface area (Å²) in [5, 5.41) is 11.9. The minimum atomic E-state index is 0.0188. The van der Waals surface area contributed by atoms with Gasteiger partial charge in [0.05, 0.1) is 16.7 Å². The van der Waals surface area contributed by atoms with E-state index in [1.165, 1.54) is 0 Å². The molecular weight excluding hydrogens is 219 g/mol. The van der Waals surface area contributed by atoms with Gasteiger partial charge >= 0.3 is 0 Å². The van der Waals surface area contributed by atoms with Crippen molar-refractivity contribution >= 4 is 23.2 Å². The van der Waals surface area contributed by atoms with Crippen molar-refractivity contribution < 1.29 is 5.11 Å². The summed E-state index contributed by atoms with van der Waals surface area (Å²) < 4.78 is 0. The second-order valence-electron chi connectivity index (χ2n) is 3.78. The first-order valence-electron chi connectivity index (χ1n) is 4.75. The third-order valence-electron chi connectivity index (χ3n) is 3.00. The molecule has 0 aliphatic heterocycles. The van der Waals surface area contributed by atoms with E-state index in [0.29, 0.717) is 21.9 Å². The Morgan fingerprint density at radius 2 is 2.00 bits per heavy atom. The van der Waals surface area contributed by atoms with Crippen molar-refractivity contribution in [1.82, 2.24) is 0 Å². The Morgan fingerprint density at radius 1 is 1.21 bits per heavy atom. The highest BCUT2D eigenvalue weighted by atomic mass is 35.5. The Hall–Kier alpha value is -0.240. The van der Waals surface area contributed by atoms with Gasteiger partial charge in [-0.05, 0) is 42.4 Å². The zero-order valence-corrected chi connectivity index (χ0v) is 9.18. The monoisotopic (exact) mass is 229 g/mol. The zero-order chi connectivity index (χ0) is 10.1. The Kier molecular flexibility index (Phi) is 3.01. The molecule has 1 aromatic rings. The summed E-state index contributed by atoms with van der Waals surface area (Å²) in [7, 11) is 0. The molecule has 1 radical (unpaired) electrons. The molecule has 2 rings (SSSR count). The van der Waals surface area contributed by atoms with Gasteiger partial charge in [-0.25, -0.2) is 5.11 Å². The van der Waals surface area contributed by atoms with Crippen LogP contribution in [0.1, 0.15) is 24.3 Å². The molecule has 0 saturated heterocycles. The molecular formula is C11H11Cl2O. The quantitative estimate of drug-likeness (QED) is 0.733. The fourth-order valence-corrected chi connectivity index (χ4v) is 2.26. The van der Waals surface area contributed by atoms with E-state index in [4.69, 9.17) is 23.2 Å². The standard InChI is InChI=1S/C11H11Cl2O/c12-10-4-2-7(5-11(10)13)9-3-1-8(9)6-14/h2,4-5,8-9H,1,3,6H2. The molecule has 0 N–H and O–H groups in total. The lowest BCUT2D eigenvalue weighted by molar-refractivity contribution is 0.0824. The summed E-state index contributed by atoms with van der Waals surface area (Å²) in [6.45, 7) is 0.0188. The molecule has 3 heteroatoms. The Morgan fingerprint density at radius 3 is 2.50 bits per heavy atom. The van der Waals surface area contributed by atoms with Gasteiger partial charge in [-0.1, -0.05) is 29.3 Å². The van der Waals surface area contributed by atoms with E-state index in [0.717, 1.165) is 18.4 Å². The van der Waals surface area contributed by atoms with Gasteiger partial charge in [-0.3, -0.25) is 0 Å². The zero-order valence-electron chi connectivity index (χ0n) is 7.67. The van der Waals surface area contributed by atoms with Crippen LogP contribution in [0.15, 0.2) is 18.2 Å². The topological polar surface area (TPSA) is 19.9 Å². The SMILES string of the molecule is [O]CC1CCC1c1ccc(Cl)c(Cl)c1. The molecule has 14 heavy (non-hydrogen) atoms. The van der Waals surface area contributed by atoms with Crippen molar-refractivity contribution in [3.63, 3.8) is 0 Å². The van der Waals surface area contributed by atoms with Crippen LogP contribution >= 0.6 is 23.2 Å². The van der Waals surface area contributed by atoms with Crippen LogP contribution in [0.2, 0.25) is 10.0 Å². The van der Waals surface area contributed by atoms with Crippen LogP contribution in [-0.4, -0.2) is 6.61 Å². The first kappa shape index (κ1) is 10.3. The van der Waals surface area contributed by atoms with Crippen molar-refractivity contribution in [3.05, 3.63) is 33.8 Å². The van der Waals surface area contributed by atoms with Gasteiger partial charge in [0, 0.05) is 0 Å². The molecule has 1 aliphatic rings. The van der Waals surface area contributed by atoms with Crippen molar-refractivity contribution in [1.29, 1.82) is 0 Å². The summed E-state index contributed by atoms with van der Waals surface area (Å²) in [4.78, 5) is 0. The van der Waals surface area contributed by atoms with Crippen molar-refractivity contribution in [2.45, 2.75) is 18.8 Å². The average Bonchev–Trinajstić information content (AvgIpc) is 2.10. The number of hydrogen-bond donors (Lipinski definition) is 0. The predicted molar refractivity (Wildman–Crippen MR) is 57.5 cm³/mol. The summed E-state index contributed by atoms with van der Waals surface area (Å²) in [5.41, 5.74) is 1.16. The fraction of sp³-hybridized carbons (Fsp3) is 0.455. The van der Waals surface area contributed by atoms with Gasteiger partial charge in [0.2, 0.25) is 0 Å². The lowest BCUT2D eigenvalue weighted by Crippen LogP contribution is -2.26. The summed E-state index contributed by atoms with van der Waals surface area (Å²) >= 11 is 11.7. The molecule has 2 unspecified atom stereocenters. The van der Waals surface area contributed by atoms with Gasteiger partial charge in [0.15, 0.2) is 0 Å². The molecule has 75 valence electrons. The molecule has 0 aromatic heterocycles. The maximum Gasteiger partial charge on any atom is 0.0856 e. The molecule has 0 bridgehead atoms. The fourth-order valence-electron chi connectivity index (χ4n) is 1.95. The lowest BCUT2D eigenvalue weighted by Gasteiger charge is -2.35. The van der Waals surface area contributed by atoms with Crippen molar-refractivity contribution in [2.75, 3.05) is 6.61 Å². The molecule has 0 spiro atoms. The molecule has 1 aliphatic carbocycles. The number of rotatable bonds is 2. The van der Waals surface area contributed by atoms with E-state index in [2.05, 4.69) is 0 Å². The minimum Gasteiger partial charge on any atom is -0.236 e. The normalized spacial score (nSPS) is 25.9. The van der Waals surface area contributed by atoms with Gasteiger partial charge in [0.1, 0.15) is 0 Å². The molecule has 1 fully saturated rings. The van der Waals surface area contributed by atoms with Crippen LogP contribution in [0.4, 0.5) is 0 Å². The predicted octanol–water partition coefficient (Wildman–Crippen LogP) is 3.92. The second-order valence-corrected chi connectivity index (χ2v) is 4.60. The first-order chi connectivity index (χ1) is 6.72. The summed E-state index contributed by atoms with van der Waals surface area (Å²) in [6, 6.07) is 5.66. The maximum atomic E-state index is 10.8. The number of benzene rings is 1. The van der Waals surface area contributed by atoms with Crippen LogP contribution in [-0.2, 0) is 5.11 Å². The Balaban J connectivity index is 2.20. The van der Waals surface area contributed by atoms with Crippen LogP contribution < -0.4 is 0 Å². The highest BCUT2D eigenvalue weighted by Crippen LogP contribution is 2.43. The molecule has 0 amide bonds. The summed E-state index contributed by atoms with van der Waals surface area (Å²) in [5.74, 6) is 0.703. The van der Waals surface area contributed by atoms with Crippen LogP contribution in [0.3, 0.4) is 0 Å². The van der Waals surface area contributed by atoms with E-state index in [9.17, 15) is 5.11 Å². The smallest absolute Gasteiger partial charge is 0.0856 e. The highest BCUT2D eigenvalue weighted by molar-refractivity contribution is 6.42. The molecule has 2 atom stereocenters. The van der Waals surface area contributed by atoms with E-state index >= 15 is 0 Å². The highest BCUT2D eigenvalue weighted by Gasteiger charge is 2.31. The molecule has 1 aromatic carbocycles. The minimum absolute atomic E-state index is 0.0188. The number of halogens is 2. The van der Waals surface area contributed by atoms with E-state index < -0.39 is 0 Å². The van der Waals surface area contributed by atoms with Gasteiger partial charge in [-0.15, -0.1) is 0 Å². The van der Waals surface area contributed by atoms with E-state index in [-0.39, 0.29) is 6.61 Å². The van der Waals surface area contributed by atoms with Crippen LogP contribution in [0, 0.1) is 5.92 Å². The average molecular weight is 230 g/mol. The molecule has 1 saturated carbocycles. The van der Waals surface area contributed by atoms with Crippen molar-refractivity contribution in [3.8, 4) is 0 Å². The third-order valence-corrected chi connectivity index (χ3v) is 3.74. The second kappa shape index (κ2) is 4.09. The van der Waals surface area contributed by atoms with E-state index in [1.807, 2.05) is 12.1 Å². The van der Waals surface area contributed by atoms with Gasteiger partial charge in [-0.2, -0.15) is 0 Å². The maximum absolute atomic E-state index is 10.8. The van der Waals surface area contributed by atoms with Gasteiger partial charge < -0.3 is 0 Å². The van der Waals surface area contributed by atoms with E-state index in [1.54, 1.807) is 6.07 Å². The third kappa shape index (κ3) is 1.77. The van der Waals surface area contributed by atoms with Crippen LogP contribution in [0.5, 0.6) is 0 Å². The first-order valence-corrected chi connectivity index (χ1v) is 5.51. The molecule has 0 heterocycles. The Labute approximate surface area is 93.7 Å². The lowest BCUT2D eigenvalue weighted by atomic mass is 9.70. The Bertz CT molecular complexity index is 336. The van der Waals surface area contributed by atoms with Gasteiger partial charge in [0.25, 0.3) is 0 Å². The number of hydrogen-bond acceptors (Lipinski definition) is 0. The van der Waals surface area contributed by atoms with Crippen LogP contribution in [0.25, 0.3) is 0 Å². The summed E-state index contributed by atoms with van der Waals surface area (Å²) in [6.07, 6.45) is 2.15. The largest absolute Gasteiger partial charge is 0.236 e. The van der Waals surface area contributed by atoms with Crippen molar-refractivity contribution in [2.24, 2.45) is 5.92 Å².